The first kappa shape index (κ1) is 17.8. The Morgan fingerprint density at radius 2 is 1.73 bits per heavy atom. The number of nitrogens with zero attached hydrogens (tertiary/aromatic N) is 2. The molecule has 2 unspecified atom stereocenters. The van der Waals surface area contributed by atoms with E-state index >= 15 is 0 Å². The molecule has 2 aromatic rings. The van der Waals surface area contributed by atoms with Crippen LogP contribution in [0.4, 0.5) is 0 Å². The number of rotatable bonds is 3. The molecular weight excluding hydrogens is 322 g/mol. The maximum Gasteiger partial charge on any atom is 0.326 e. The highest BCUT2D eigenvalue weighted by molar-refractivity contribution is 5.75. The van der Waals surface area contributed by atoms with E-state index in [-0.39, 0.29) is 5.69 Å². The van der Waals surface area contributed by atoms with Crippen molar-refractivity contribution < 1.29 is 0 Å². The number of imidazole rings is 1. The Labute approximate surface area is 156 Å². The highest BCUT2D eigenvalue weighted by atomic mass is 16.1. The number of nitrogens with one attached hydrogen (secondary N) is 1. The van der Waals surface area contributed by atoms with E-state index in [1.165, 1.54) is 45.1 Å². The van der Waals surface area contributed by atoms with E-state index in [1.54, 1.807) is 0 Å². The van der Waals surface area contributed by atoms with Crippen LogP contribution in [0.2, 0.25) is 0 Å². The first-order valence-electron chi connectivity index (χ1n) is 10.6. The van der Waals surface area contributed by atoms with Crippen LogP contribution in [0.1, 0.15) is 64.3 Å². The lowest BCUT2D eigenvalue weighted by Gasteiger charge is -2.37. The fourth-order valence-corrected chi connectivity index (χ4v) is 5.15. The second-order valence-corrected chi connectivity index (χ2v) is 8.58. The number of H-pyrrole nitrogens is 1. The summed E-state index contributed by atoms with van der Waals surface area (Å²) in [7, 11) is 0. The molecule has 0 radical (unpaired) electrons. The van der Waals surface area contributed by atoms with Crippen molar-refractivity contribution in [1.82, 2.24) is 14.5 Å². The minimum absolute atomic E-state index is 0.0540. The lowest BCUT2D eigenvalue weighted by Crippen LogP contribution is -2.40. The monoisotopic (exact) mass is 355 g/mol. The van der Waals surface area contributed by atoms with Gasteiger partial charge in [-0.25, -0.2) is 4.79 Å². The van der Waals surface area contributed by atoms with Crippen molar-refractivity contribution in [3.05, 3.63) is 34.7 Å². The number of benzene rings is 1. The lowest BCUT2D eigenvalue weighted by atomic mass is 9.82. The molecule has 1 saturated heterocycles. The Morgan fingerprint density at radius 1 is 1.00 bits per heavy atom. The van der Waals surface area contributed by atoms with Gasteiger partial charge in [0.15, 0.2) is 0 Å². The van der Waals surface area contributed by atoms with Crippen molar-refractivity contribution in [3.63, 3.8) is 0 Å². The van der Waals surface area contributed by atoms with Gasteiger partial charge in [0.1, 0.15) is 0 Å². The van der Waals surface area contributed by atoms with E-state index in [9.17, 15) is 4.79 Å². The summed E-state index contributed by atoms with van der Waals surface area (Å²) in [5, 5.41) is 0. The number of hydrogen-bond donors (Lipinski definition) is 1. The highest BCUT2D eigenvalue weighted by Crippen LogP contribution is 2.30. The van der Waals surface area contributed by atoms with E-state index < -0.39 is 0 Å². The van der Waals surface area contributed by atoms with Gasteiger partial charge in [0.05, 0.1) is 11.0 Å². The smallest absolute Gasteiger partial charge is 0.306 e. The van der Waals surface area contributed by atoms with Crippen molar-refractivity contribution in [3.8, 4) is 0 Å². The van der Waals surface area contributed by atoms with Crippen LogP contribution in [0.3, 0.4) is 0 Å². The van der Waals surface area contributed by atoms with Crippen molar-refractivity contribution >= 4 is 11.0 Å². The number of hydrogen-bond acceptors (Lipinski definition) is 2. The molecule has 2 aliphatic rings. The number of likely N-dealkylation sites (tertiary alicyclic amines) is 1. The Hall–Kier alpha value is -1.55. The average molecular weight is 356 g/mol. The number of aromatic amines is 1. The summed E-state index contributed by atoms with van der Waals surface area (Å²) < 4.78 is 2.01. The third-order valence-corrected chi connectivity index (χ3v) is 6.83. The van der Waals surface area contributed by atoms with E-state index in [1.807, 2.05) is 22.8 Å². The van der Waals surface area contributed by atoms with Gasteiger partial charge in [0, 0.05) is 25.7 Å². The third-order valence-electron chi connectivity index (χ3n) is 6.83. The van der Waals surface area contributed by atoms with Gasteiger partial charge in [-0.05, 0) is 43.2 Å². The predicted molar refractivity (Wildman–Crippen MR) is 108 cm³/mol. The molecule has 2 atom stereocenters. The molecule has 0 spiro atoms. The topological polar surface area (TPSA) is 41.0 Å². The molecule has 1 aromatic carbocycles. The molecule has 142 valence electrons. The molecule has 1 aliphatic heterocycles. The van der Waals surface area contributed by atoms with Gasteiger partial charge in [-0.3, -0.25) is 4.57 Å². The summed E-state index contributed by atoms with van der Waals surface area (Å²) in [5.41, 5.74) is 2.08. The van der Waals surface area contributed by atoms with Crippen LogP contribution in [0.25, 0.3) is 11.0 Å². The van der Waals surface area contributed by atoms with Crippen LogP contribution in [-0.4, -0.2) is 34.1 Å². The Bertz CT molecular complexity index is 769. The largest absolute Gasteiger partial charge is 0.326 e. The molecule has 4 rings (SSSR count). The summed E-state index contributed by atoms with van der Waals surface area (Å²) >= 11 is 0. The predicted octanol–water partition coefficient (Wildman–Crippen LogP) is 4.57. The molecule has 1 aliphatic carbocycles. The Balaban J connectivity index is 1.39. The summed E-state index contributed by atoms with van der Waals surface area (Å²) in [4.78, 5) is 18.1. The van der Waals surface area contributed by atoms with Gasteiger partial charge in [-0.2, -0.15) is 0 Å². The maximum absolute atomic E-state index is 12.4. The van der Waals surface area contributed by atoms with E-state index in [2.05, 4.69) is 22.9 Å². The summed E-state index contributed by atoms with van der Waals surface area (Å²) in [5.74, 6) is 1.73. The van der Waals surface area contributed by atoms with Gasteiger partial charge >= 0.3 is 5.69 Å². The van der Waals surface area contributed by atoms with Gasteiger partial charge in [0.25, 0.3) is 0 Å². The zero-order valence-electron chi connectivity index (χ0n) is 16.1. The molecule has 0 bridgehead atoms. The van der Waals surface area contributed by atoms with Crippen molar-refractivity contribution in [2.24, 2.45) is 11.8 Å². The van der Waals surface area contributed by atoms with Gasteiger partial charge in [-0.15, -0.1) is 0 Å². The molecule has 1 N–H and O–H groups in total. The molecule has 2 fully saturated rings. The van der Waals surface area contributed by atoms with Crippen LogP contribution in [0, 0.1) is 11.8 Å². The van der Waals surface area contributed by atoms with Crippen molar-refractivity contribution in [2.75, 3.05) is 19.6 Å². The van der Waals surface area contributed by atoms with Crippen LogP contribution in [0.5, 0.6) is 0 Å². The molecule has 2 heterocycles. The number of piperidine rings is 1. The quantitative estimate of drug-likeness (QED) is 0.876. The highest BCUT2D eigenvalue weighted by Gasteiger charge is 2.27. The first-order valence-corrected chi connectivity index (χ1v) is 10.6. The van der Waals surface area contributed by atoms with Crippen molar-refractivity contribution in [1.29, 1.82) is 0 Å². The SMILES string of the molecule is CC1CCCCCCC1CN1CCC(n2c(=O)[nH]c3ccccc32)CC1. The third kappa shape index (κ3) is 3.75. The van der Waals surface area contributed by atoms with Crippen LogP contribution in [-0.2, 0) is 0 Å². The van der Waals surface area contributed by atoms with Gasteiger partial charge in [0.2, 0.25) is 0 Å². The zero-order valence-corrected chi connectivity index (χ0v) is 16.1. The fraction of sp³-hybridized carbons (Fsp3) is 0.682. The molecule has 1 aromatic heterocycles. The fourth-order valence-electron chi connectivity index (χ4n) is 5.15. The minimum atomic E-state index is 0.0540. The lowest BCUT2D eigenvalue weighted by molar-refractivity contribution is 0.131. The zero-order chi connectivity index (χ0) is 17.9. The van der Waals surface area contributed by atoms with E-state index in [4.69, 9.17) is 0 Å². The second-order valence-electron chi connectivity index (χ2n) is 8.58. The van der Waals surface area contributed by atoms with Crippen LogP contribution < -0.4 is 5.69 Å². The van der Waals surface area contributed by atoms with E-state index in [0.717, 1.165) is 48.8 Å². The van der Waals surface area contributed by atoms with Gasteiger partial charge in [-0.1, -0.05) is 51.2 Å². The van der Waals surface area contributed by atoms with E-state index in [0.29, 0.717) is 6.04 Å². The van der Waals surface area contributed by atoms with Crippen LogP contribution in [0.15, 0.2) is 29.1 Å². The van der Waals surface area contributed by atoms with Crippen LogP contribution >= 0.6 is 0 Å². The summed E-state index contributed by atoms with van der Waals surface area (Å²) in [6.07, 6.45) is 10.7. The normalized spacial score (nSPS) is 26.7. The maximum atomic E-state index is 12.4. The minimum Gasteiger partial charge on any atom is -0.306 e. The first-order chi connectivity index (χ1) is 12.7. The second kappa shape index (κ2) is 7.99. The molecule has 4 heteroatoms. The summed E-state index contributed by atoms with van der Waals surface area (Å²) in [6.45, 7) is 5.98. The number of para-hydroxylation sites is 2. The Morgan fingerprint density at radius 3 is 2.54 bits per heavy atom. The van der Waals surface area contributed by atoms with Gasteiger partial charge < -0.3 is 9.88 Å². The molecule has 0 amide bonds. The number of aromatic nitrogens is 2. The molecule has 26 heavy (non-hydrogen) atoms. The Kier molecular flexibility index (Phi) is 5.49. The molecule has 1 saturated carbocycles. The average Bonchev–Trinajstić information content (AvgIpc) is 2.98. The van der Waals surface area contributed by atoms with Crippen molar-refractivity contribution in [2.45, 2.75) is 64.3 Å². The number of fused-ring (bicyclic) bond motifs is 1. The standard InChI is InChI=1S/C22H33N3O/c1-17-8-4-2-3-5-9-18(17)16-24-14-12-19(13-15-24)25-21-11-7-6-10-20(21)23-22(25)26/h6-7,10-11,17-19H,2-5,8-9,12-16H2,1H3,(H,23,26). The molecular formula is C22H33N3O. The molecule has 4 nitrogen and oxygen atoms in total. The summed E-state index contributed by atoms with van der Waals surface area (Å²) in [6, 6.07) is 8.41.